The summed E-state index contributed by atoms with van der Waals surface area (Å²) in [6, 6.07) is 1.77. The van der Waals surface area contributed by atoms with E-state index in [0.29, 0.717) is 0 Å². The van der Waals surface area contributed by atoms with Crippen molar-refractivity contribution < 1.29 is 18.0 Å². The minimum absolute atomic E-state index is 0.234. The van der Waals surface area contributed by atoms with Crippen molar-refractivity contribution in [2.75, 3.05) is 0 Å². The molecular formula is C9H6F3NO. The molecule has 0 spiro atoms. The number of rotatable bonds is 2. The first kappa shape index (κ1) is 10.3. The van der Waals surface area contributed by atoms with Crippen LogP contribution in [0.25, 0.3) is 6.08 Å². The summed E-state index contributed by atoms with van der Waals surface area (Å²) in [5.41, 5.74) is 4.51. The van der Waals surface area contributed by atoms with Crippen molar-refractivity contribution in [1.29, 1.82) is 0 Å². The molecule has 1 rings (SSSR count). The van der Waals surface area contributed by atoms with Crippen LogP contribution in [-0.2, 0) is 4.79 Å². The lowest BCUT2D eigenvalue weighted by atomic mass is 10.2. The Labute approximate surface area is 77.8 Å². The number of nitrogens with two attached hydrogens (primary N) is 1. The van der Waals surface area contributed by atoms with Gasteiger partial charge in [0.2, 0.25) is 5.91 Å². The zero-order valence-electron chi connectivity index (χ0n) is 6.93. The summed E-state index contributed by atoms with van der Waals surface area (Å²) in [5.74, 6) is -4.99. The maximum Gasteiger partial charge on any atom is 0.241 e. The highest BCUT2D eigenvalue weighted by atomic mass is 19.2. The smallest absolute Gasteiger partial charge is 0.241 e. The molecule has 1 amide bonds. The SMILES string of the molecule is NC(=O)/C=C\c1ccc(F)c(F)c1F. The van der Waals surface area contributed by atoms with Crippen LogP contribution < -0.4 is 5.73 Å². The highest BCUT2D eigenvalue weighted by Crippen LogP contribution is 2.15. The molecule has 1 aromatic carbocycles. The predicted molar refractivity (Wildman–Crippen MR) is 44.5 cm³/mol. The minimum Gasteiger partial charge on any atom is -0.366 e. The fourth-order valence-corrected chi connectivity index (χ4v) is 0.841. The van der Waals surface area contributed by atoms with E-state index in [1.54, 1.807) is 0 Å². The minimum atomic E-state index is -1.57. The fourth-order valence-electron chi connectivity index (χ4n) is 0.841. The molecule has 0 bridgehead atoms. The number of carbonyl (C=O) groups excluding carboxylic acids is 1. The van der Waals surface area contributed by atoms with Gasteiger partial charge in [-0.05, 0) is 18.2 Å². The van der Waals surface area contributed by atoms with E-state index in [4.69, 9.17) is 5.73 Å². The van der Waals surface area contributed by atoms with Crippen LogP contribution in [-0.4, -0.2) is 5.91 Å². The molecular weight excluding hydrogens is 195 g/mol. The second kappa shape index (κ2) is 3.95. The van der Waals surface area contributed by atoms with E-state index in [0.717, 1.165) is 24.3 Å². The van der Waals surface area contributed by atoms with Gasteiger partial charge in [-0.15, -0.1) is 0 Å². The molecule has 0 saturated carbocycles. The van der Waals surface area contributed by atoms with Crippen molar-refractivity contribution in [2.45, 2.75) is 0 Å². The Hall–Kier alpha value is -1.78. The number of carbonyl (C=O) groups is 1. The highest BCUT2D eigenvalue weighted by Gasteiger charge is 2.11. The van der Waals surface area contributed by atoms with Gasteiger partial charge in [0, 0.05) is 11.6 Å². The molecule has 2 nitrogen and oxygen atoms in total. The van der Waals surface area contributed by atoms with E-state index in [2.05, 4.69) is 0 Å². The fraction of sp³-hybridized carbons (Fsp3) is 0. The Morgan fingerprint density at radius 2 is 1.86 bits per heavy atom. The van der Waals surface area contributed by atoms with Gasteiger partial charge in [0.25, 0.3) is 0 Å². The molecule has 0 heterocycles. The van der Waals surface area contributed by atoms with Crippen molar-refractivity contribution in [3.05, 3.63) is 41.2 Å². The maximum absolute atomic E-state index is 12.9. The van der Waals surface area contributed by atoms with Crippen LogP contribution in [0.5, 0.6) is 0 Å². The first-order valence-corrected chi connectivity index (χ1v) is 3.63. The third-order valence-electron chi connectivity index (χ3n) is 1.49. The van der Waals surface area contributed by atoms with Gasteiger partial charge >= 0.3 is 0 Å². The molecule has 0 fully saturated rings. The zero-order chi connectivity index (χ0) is 10.7. The van der Waals surface area contributed by atoms with Crippen molar-refractivity contribution in [3.63, 3.8) is 0 Å². The van der Waals surface area contributed by atoms with Crippen LogP contribution in [0.2, 0.25) is 0 Å². The second-order valence-corrected chi connectivity index (χ2v) is 2.50. The summed E-state index contributed by atoms with van der Waals surface area (Å²) in [6.45, 7) is 0. The van der Waals surface area contributed by atoms with Gasteiger partial charge in [0.1, 0.15) is 0 Å². The van der Waals surface area contributed by atoms with Crippen molar-refractivity contribution in [3.8, 4) is 0 Å². The molecule has 74 valence electrons. The number of primary amides is 1. The van der Waals surface area contributed by atoms with E-state index in [9.17, 15) is 18.0 Å². The van der Waals surface area contributed by atoms with Gasteiger partial charge in [0.05, 0.1) is 0 Å². The Morgan fingerprint density at radius 1 is 1.21 bits per heavy atom. The Bertz CT molecular complexity index is 401. The lowest BCUT2D eigenvalue weighted by Crippen LogP contribution is -2.05. The van der Waals surface area contributed by atoms with E-state index < -0.39 is 23.4 Å². The van der Waals surface area contributed by atoms with Gasteiger partial charge in [0.15, 0.2) is 17.5 Å². The van der Waals surface area contributed by atoms with Gasteiger partial charge in [-0.2, -0.15) is 0 Å². The number of hydrogen-bond donors (Lipinski definition) is 1. The molecule has 14 heavy (non-hydrogen) atoms. The van der Waals surface area contributed by atoms with Gasteiger partial charge in [-0.25, -0.2) is 13.2 Å². The summed E-state index contributed by atoms with van der Waals surface area (Å²) >= 11 is 0. The average molecular weight is 201 g/mol. The van der Waals surface area contributed by atoms with Crippen LogP contribution in [0.15, 0.2) is 18.2 Å². The molecule has 1 aromatic rings. The molecule has 0 unspecified atom stereocenters. The van der Waals surface area contributed by atoms with Crippen molar-refractivity contribution in [2.24, 2.45) is 5.73 Å². The third-order valence-corrected chi connectivity index (χ3v) is 1.49. The van der Waals surface area contributed by atoms with Crippen LogP contribution >= 0.6 is 0 Å². The van der Waals surface area contributed by atoms with E-state index in [-0.39, 0.29) is 5.56 Å². The van der Waals surface area contributed by atoms with Crippen LogP contribution in [0.1, 0.15) is 5.56 Å². The number of benzene rings is 1. The summed E-state index contributed by atoms with van der Waals surface area (Å²) in [5, 5.41) is 0. The van der Waals surface area contributed by atoms with Crippen LogP contribution in [0, 0.1) is 17.5 Å². The topological polar surface area (TPSA) is 43.1 Å². The zero-order valence-corrected chi connectivity index (χ0v) is 6.93. The molecule has 5 heteroatoms. The Balaban J connectivity index is 3.12. The van der Waals surface area contributed by atoms with Crippen LogP contribution in [0.3, 0.4) is 0 Å². The molecule has 0 aliphatic heterocycles. The van der Waals surface area contributed by atoms with Gasteiger partial charge < -0.3 is 5.73 Å². The molecule has 0 aliphatic carbocycles. The second-order valence-electron chi connectivity index (χ2n) is 2.50. The monoisotopic (exact) mass is 201 g/mol. The summed E-state index contributed by atoms with van der Waals surface area (Å²) < 4.78 is 37.9. The maximum atomic E-state index is 12.9. The molecule has 0 saturated heterocycles. The normalized spacial score (nSPS) is 10.8. The highest BCUT2D eigenvalue weighted by molar-refractivity contribution is 5.90. The number of amides is 1. The van der Waals surface area contributed by atoms with Crippen molar-refractivity contribution >= 4 is 12.0 Å². The summed E-state index contributed by atoms with van der Waals surface area (Å²) in [6.07, 6.45) is 1.83. The number of hydrogen-bond acceptors (Lipinski definition) is 1. The summed E-state index contributed by atoms with van der Waals surface area (Å²) in [4.78, 5) is 10.3. The van der Waals surface area contributed by atoms with E-state index in [1.165, 1.54) is 0 Å². The van der Waals surface area contributed by atoms with Crippen molar-refractivity contribution in [1.82, 2.24) is 0 Å². The Kier molecular flexibility index (Phi) is 2.91. The third kappa shape index (κ3) is 2.12. The van der Waals surface area contributed by atoms with E-state index >= 15 is 0 Å². The molecule has 0 aliphatic rings. The molecule has 0 aromatic heterocycles. The summed E-state index contributed by atoms with van der Waals surface area (Å²) in [7, 11) is 0. The standard InChI is InChI=1S/C9H6F3NO/c10-6-3-1-5(2-4-7(13)14)8(11)9(6)12/h1-4H,(H2,13,14)/b4-2-. The van der Waals surface area contributed by atoms with Gasteiger partial charge in [-0.3, -0.25) is 4.79 Å². The first-order chi connectivity index (χ1) is 6.52. The van der Waals surface area contributed by atoms with Crippen LogP contribution in [0.4, 0.5) is 13.2 Å². The number of halogens is 3. The largest absolute Gasteiger partial charge is 0.366 e. The Morgan fingerprint density at radius 3 is 2.43 bits per heavy atom. The molecule has 0 atom stereocenters. The lowest BCUT2D eigenvalue weighted by Gasteiger charge is -1.98. The average Bonchev–Trinajstić information content (AvgIpc) is 2.13. The molecule has 2 N–H and O–H groups in total. The lowest BCUT2D eigenvalue weighted by molar-refractivity contribution is -0.113. The first-order valence-electron chi connectivity index (χ1n) is 3.63. The van der Waals surface area contributed by atoms with Gasteiger partial charge in [-0.1, -0.05) is 0 Å². The quantitative estimate of drug-likeness (QED) is 0.573. The predicted octanol–water partition coefficient (Wildman–Crippen LogP) is 1.60. The molecule has 0 radical (unpaired) electrons. The van der Waals surface area contributed by atoms with E-state index in [1.807, 2.05) is 0 Å².